The normalized spacial score (nSPS) is 14.8. The van der Waals surface area contributed by atoms with Crippen molar-refractivity contribution in [3.8, 4) is 0 Å². The van der Waals surface area contributed by atoms with E-state index in [0.29, 0.717) is 16.2 Å². The lowest BCUT2D eigenvalue weighted by atomic mass is 10.1. The van der Waals surface area contributed by atoms with Gasteiger partial charge in [0.25, 0.3) is 0 Å². The molecular weight excluding hydrogens is 227 g/mol. The van der Waals surface area contributed by atoms with Crippen LogP contribution in [-0.2, 0) is 0 Å². The molecule has 0 aliphatic carbocycles. The lowest BCUT2D eigenvalue weighted by molar-refractivity contribution is 0.195. The Hall–Kier alpha value is -0.580. The minimum atomic E-state index is -0.678. The molecule has 16 heavy (non-hydrogen) atoms. The summed E-state index contributed by atoms with van der Waals surface area (Å²) < 4.78 is 13.6. The molecule has 0 saturated heterocycles. The van der Waals surface area contributed by atoms with Crippen LogP contribution in [0.4, 0.5) is 4.39 Å². The zero-order chi connectivity index (χ0) is 12.1. The zero-order valence-electron chi connectivity index (χ0n) is 9.48. The highest BCUT2D eigenvalue weighted by molar-refractivity contribution is 7.99. The van der Waals surface area contributed by atoms with Crippen molar-refractivity contribution >= 4 is 11.8 Å². The molecule has 4 heteroatoms. The second-order valence-electron chi connectivity index (χ2n) is 3.93. The first kappa shape index (κ1) is 13.5. The van der Waals surface area contributed by atoms with E-state index < -0.39 is 6.10 Å². The summed E-state index contributed by atoms with van der Waals surface area (Å²) >= 11 is 1.34. The molecule has 2 N–H and O–H groups in total. The highest BCUT2D eigenvalue weighted by Gasteiger charge is 2.13. The minimum Gasteiger partial charge on any atom is -0.396 e. The molecule has 0 radical (unpaired) electrons. The molecule has 0 bridgehead atoms. The summed E-state index contributed by atoms with van der Waals surface area (Å²) in [6, 6.07) is 4.70. The third-order valence-electron chi connectivity index (χ3n) is 2.27. The maximum absolute atomic E-state index is 13.6. The highest BCUT2D eigenvalue weighted by Crippen LogP contribution is 2.31. The Labute approximate surface area is 99.5 Å². The van der Waals surface area contributed by atoms with E-state index in [9.17, 15) is 9.50 Å². The maximum atomic E-state index is 13.6. The fourth-order valence-corrected chi connectivity index (χ4v) is 2.45. The van der Waals surface area contributed by atoms with Gasteiger partial charge in [0.05, 0.1) is 6.10 Å². The Morgan fingerprint density at radius 3 is 2.62 bits per heavy atom. The molecule has 90 valence electrons. The molecule has 0 heterocycles. The van der Waals surface area contributed by atoms with Crippen LogP contribution in [-0.4, -0.2) is 22.6 Å². The van der Waals surface area contributed by atoms with Gasteiger partial charge in [-0.15, -0.1) is 11.8 Å². The average Bonchev–Trinajstić information content (AvgIpc) is 2.26. The van der Waals surface area contributed by atoms with Gasteiger partial charge < -0.3 is 10.2 Å². The van der Waals surface area contributed by atoms with Crippen LogP contribution in [0.1, 0.15) is 25.5 Å². The first-order valence-corrected chi connectivity index (χ1v) is 6.25. The zero-order valence-corrected chi connectivity index (χ0v) is 10.3. The standard InChI is InChI=1S/C12H17FO2S/c1-8(6-14)7-16-12-10(9(2)15)4-3-5-11(12)13/h3-5,8-9,14-15H,6-7H2,1-2H3. The van der Waals surface area contributed by atoms with Gasteiger partial charge in [-0.3, -0.25) is 0 Å². The highest BCUT2D eigenvalue weighted by atomic mass is 32.2. The second kappa shape index (κ2) is 6.23. The number of hydrogen-bond acceptors (Lipinski definition) is 3. The smallest absolute Gasteiger partial charge is 0.137 e. The molecule has 0 saturated carbocycles. The molecule has 0 aliphatic rings. The van der Waals surface area contributed by atoms with E-state index in [1.807, 2.05) is 6.92 Å². The van der Waals surface area contributed by atoms with Crippen LogP contribution in [0.5, 0.6) is 0 Å². The van der Waals surface area contributed by atoms with Gasteiger partial charge in [-0.2, -0.15) is 0 Å². The van der Waals surface area contributed by atoms with Gasteiger partial charge in [-0.1, -0.05) is 19.1 Å². The summed E-state index contributed by atoms with van der Waals surface area (Å²) in [5.41, 5.74) is 0.607. The number of rotatable bonds is 5. The van der Waals surface area contributed by atoms with Crippen molar-refractivity contribution in [3.05, 3.63) is 29.6 Å². The number of aliphatic hydroxyl groups is 2. The van der Waals surface area contributed by atoms with Crippen molar-refractivity contribution in [2.75, 3.05) is 12.4 Å². The summed E-state index contributed by atoms with van der Waals surface area (Å²) in [4.78, 5) is 0.484. The van der Waals surface area contributed by atoms with Gasteiger partial charge in [0.1, 0.15) is 5.82 Å². The molecule has 1 rings (SSSR count). The molecule has 2 nitrogen and oxygen atoms in total. The molecule has 0 spiro atoms. The largest absolute Gasteiger partial charge is 0.396 e. The van der Waals surface area contributed by atoms with Gasteiger partial charge in [0, 0.05) is 17.3 Å². The topological polar surface area (TPSA) is 40.5 Å². The van der Waals surface area contributed by atoms with E-state index in [0.717, 1.165) is 0 Å². The predicted octanol–water partition coefficient (Wildman–Crippen LogP) is 2.60. The van der Waals surface area contributed by atoms with Crippen molar-refractivity contribution in [1.82, 2.24) is 0 Å². The average molecular weight is 244 g/mol. The summed E-state index contributed by atoms with van der Waals surface area (Å²) in [5, 5.41) is 18.4. The van der Waals surface area contributed by atoms with Crippen LogP contribution >= 0.6 is 11.8 Å². The van der Waals surface area contributed by atoms with Gasteiger partial charge in [-0.25, -0.2) is 4.39 Å². The lowest BCUT2D eigenvalue weighted by Gasteiger charge is -2.14. The van der Waals surface area contributed by atoms with E-state index in [1.54, 1.807) is 19.1 Å². The van der Waals surface area contributed by atoms with Crippen molar-refractivity contribution in [2.24, 2.45) is 5.92 Å². The summed E-state index contributed by atoms with van der Waals surface area (Å²) in [6.07, 6.45) is -0.678. The van der Waals surface area contributed by atoms with Gasteiger partial charge in [-0.05, 0) is 24.5 Å². The fraction of sp³-hybridized carbons (Fsp3) is 0.500. The third-order valence-corrected chi connectivity index (χ3v) is 3.73. The maximum Gasteiger partial charge on any atom is 0.137 e. The van der Waals surface area contributed by atoms with Crippen LogP contribution in [0.3, 0.4) is 0 Å². The van der Waals surface area contributed by atoms with Crippen LogP contribution in [0.25, 0.3) is 0 Å². The molecule has 1 aromatic rings. The van der Waals surface area contributed by atoms with Gasteiger partial charge in [0.2, 0.25) is 0 Å². The molecule has 0 amide bonds. The number of aliphatic hydroxyl groups excluding tert-OH is 2. The SMILES string of the molecule is CC(CO)CSc1c(F)cccc1C(C)O. The van der Waals surface area contributed by atoms with E-state index in [-0.39, 0.29) is 18.3 Å². The van der Waals surface area contributed by atoms with Crippen LogP contribution < -0.4 is 0 Å². The Kier molecular flexibility index (Phi) is 5.25. The third kappa shape index (κ3) is 3.47. The van der Waals surface area contributed by atoms with E-state index in [4.69, 9.17) is 5.11 Å². The first-order valence-electron chi connectivity index (χ1n) is 5.26. The Bertz CT molecular complexity index is 342. The molecule has 0 aliphatic heterocycles. The lowest BCUT2D eigenvalue weighted by Crippen LogP contribution is -2.05. The van der Waals surface area contributed by atoms with Crippen molar-refractivity contribution < 1.29 is 14.6 Å². The Balaban J connectivity index is 2.84. The second-order valence-corrected chi connectivity index (χ2v) is 4.96. The van der Waals surface area contributed by atoms with Crippen molar-refractivity contribution in [3.63, 3.8) is 0 Å². The molecule has 1 aromatic carbocycles. The number of hydrogen-bond donors (Lipinski definition) is 2. The monoisotopic (exact) mass is 244 g/mol. The van der Waals surface area contributed by atoms with Crippen molar-refractivity contribution in [1.29, 1.82) is 0 Å². The molecule has 0 fully saturated rings. The fourth-order valence-electron chi connectivity index (χ4n) is 1.29. The minimum absolute atomic E-state index is 0.0888. The van der Waals surface area contributed by atoms with Gasteiger partial charge >= 0.3 is 0 Å². The molecule has 0 aromatic heterocycles. The first-order chi connectivity index (χ1) is 7.56. The van der Waals surface area contributed by atoms with Crippen LogP contribution in [0.15, 0.2) is 23.1 Å². The van der Waals surface area contributed by atoms with E-state index >= 15 is 0 Å². The molecular formula is C12H17FO2S. The predicted molar refractivity (Wildman–Crippen MR) is 64.0 cm³/mol. The van der Waals surface area contributed by atoms with E-state index in [1.165, 1.54) is 17.8 Å². The van der Waals surface area contributed by atoms with Crippen LogP contribution in [0.2, 0.25) is 0 Å². The van der Waals surface area contributed by atoms with Crippen LogP contribution in [0, 0.1) is 11.7 Å². The summed E-state index contributed by atoms with van der Waals surface area (Å²) in [6.45, 7) is 3.61. The summed E-state index contributed by atoms with van der Waals surface area (Å²) in [5.74, 6) is 0.442. The Morgan fingerprint density at radius 1 is 1.38 bits per heavy atom. The van der Waals surface area contributed by atoms with E-state index in [2.05, 4.69) is 0 Å². The molecule has 2 atom stereocenters. The summed E-state index contributed by atoms with van der Waals surface area (Å²) in [7, 11) is 0. The van der Waals surface area contributed by atoms with Gasteiger partial charge in [0.15, 0.2) is 0 Å². The number of benzene rings is 1. The van der Waals surface area contributed by atoms with Crippen molar-refractivity contribution in [2.45, 2.75) is 24.8 Å². The Morgan fingerprint density at radius 2 is 2.06 bits per heavy atom. The molecule has 2 unspecified atom stereocenters. The number of thioether (sulfide) groups is 1. The quantitative estimate of drug-likeness (QED) is 0.782. The number of halogens is 1.